The number of aromatic amines is 1. The molecule has 1 fully saturated rings. The zero-order valence-electron chi connectivity index (χ0n) is 12.4. The van der Waals surface area contributed by atoms with Crippen LogP contribution in [0.25, 0.3) is 0 Å². The molecule has 0 atom stereocenters. The predicted molar refractivity (Wildman–Crippen MR) is 81.8 cm³/mol. The minimum Gasteiger partial charge on any atom is -0.379 e. The Bertz CT molecular complexity index is 796. The first-order valence-electron chi connectivity index (χ1n) is 7.25. The number of amides is 1. The van der Waals surface area contributed by atoms with E-state index in [-0.39, 0.29) is 11.6 Å². The third-order valence-corrected chi connectivity index (χ3v) is 3.77. The van der Waals surface area contributed by atoms with Gasteiger partial charge in [-0.1, -0.05) is 18.2 Å². The van der Waals surface area contributed by atoms with Crippen LogP contribution >= 0.6 is 0 Å². The van der Waals surface area contributed by atoms with Crippen LogP contribution < -0.4 is 10.9 Å². The van der Waals surface area contributed by atoms with E-state index < -0.39 is 23.2 Å². The van der Waals surface area contributed by atoms with E-state index >= 15 is 0 Å². The topological polar surface area (TPSA) is 65.2 Å². The van der Waals surface area contributed by atoms with Gasteiger partial charge in [-0.3, -0.25) is 9.59 Å². The fraction of sp³-hybridized carbons (Fsp3) is 0.250. The summed E-state index contributed by atoms with van der Waals surface area (Å²) in [7, 11) is 0. The fourth-order valence-electron chi connectivity index (χ4n) is 2.51. The van der Waals surface area contributed by atoms with Gasteiger partial charge in [0, 0.05) is 25.0 Å². The summed E-state index contributed by atoms with van der Waals surface area (Å²) in [6, 6.07) is 10.1. The molecule has 2 N–H and O–H groups in total. The first-order valence-corrected chi connectivity index (χ1v) is 7.25. The second-order valence-corrected chi connectivity index (χ2v) is 5.55. The number of nitrogens with zero attached hydrogens (tertiary/aromatic N) is 1. The SMILES string of the molecule is O=C(c1c[nH]c(=O)c(C(F)(F)F)c1)N1CC(Nc2ccccc2)C1. The molecule has 126 valence electrons. The van der Waals surface area contributed by atoms with E-state index in [4.69, 9.17) is 0 Å². The van der Waals surface area contributed by atoms with Gasteiger partial charge in [0.15, 0.2) is 0 Å². The Morgan fingerprint density at radius 1 is 1.21 bits per heavy atom. The van der Waals surface area contributed by atoms with Gasteiger partial charge in [0.2, 0.25) is 0 Å². The van der Waals surface area contributed by atoms with E-state index in [0.717, 1.165) is 11.9 Å². The average Bonchev–Trinajstić information content (AvgIpc) is 2.50. The standard InChI is InChI=1S/C16H14F3N3O2/c17-16(18,19)13-6-10(7-20-14(13)23)15(24)22-8-12(9-22)21-11-4-2-1-3-5-11/h1-7,12,21H,8-9H2,(H,20,23). The van der Waals surface area contributed by atoms with Gasteiger partial charge >= 0.3 is 6.18 Å². The van der Waals surface area contributed by atoms with E-state index in [2.05, 4.69) is 5.32 Å². The third kappa shape index (κ3) is 3.27. The number of nitrogens with one attached hydrogen (secondary N) is 2. The second kappa shape index (κ2) is 6.03. The minimum absolute atomic E-state index is 0.0428. The van der Waals surface area contributed by atoms with Crippen molar-refractivity contribution in [1.82, 2.24) is 9.88 Å². The number of H-pyrrole nitrogens is 1. The van der Waals surface area contributed by atoms with Gasteiger partial charge in [0.25, 0.3) is 11.5 Å². The van der Waals surface area contributed by atoms with Crippen molar-refractivity contribution in [1.29, 1.82) is 0 Å². The first-order chi connectivity index (χ1) is 11.3. The van der Waals surface area contributed by atoms with Crippen molar-refractivity contribution >= 4 is 11.6 Å². The molecule has 0 unspecified atom stereocenters. The number of para-hydroxylation sites is 1. The van der Waals surface area contributed by atoms with Gasteiger partial charge in [-0.15, -0.1) is 0 Å². The third-order valence-electron chi connectivity index (χ3n) is 3.77. The molecule has 1 aromatic carbocycles. The van der Waals surface area contributed by atoms with Crippen LogP contribution in [0.3, 0.4) is 0 Å². The molecule has 0 bridgehead atoms. The second-order valence-electron chi connectivity index (χ2n) is 5.55. The Labute approximate surface area is 135 Å². The highest BCUT2D eigenvalue weighted by atomic mass is 19.4. The molecule has 1 aromatic heterocycles. The number of pyridine rings is 1. The van der Waals surface area contributed by atoms with Crippen molar-refractivity contribution in [2.45, 2.75) is 12.2 Å². The van der Waals surface area contributed by atoms with Gasteiger partial charge in [-0.25, -0.2) is 0 Å². The monoisotopic (exact) mass is 337 g/mol. The molecule has 1 aliphatic rings. The normalized spacial score (nSPS) is 15.0. The van der Waals surface area contributed by atoms with Crippen molar-refractivity contribution in [3.63, 3.8) is 0 Å². The molecule has 24 heavy (non-hydrogen) atoms. The highest BCUT2D eigenvalue weighted by molar-refractivity contribution is 5.94. The van der Waals surface area contributed by atoms with Gasteiger partial charge in [-0.2, -0.15) is 13.2 Å². The summed E-state index contributed by atoms with van der Waals surface area (Å²) in [5.74, 6) is -0.539. The minimum atomic E-state index is -4.80. The molecule has 1 amide bonds. The predicted octanol–water partition coefficient (Wildman–Crippen LogP) is 2.33. The lowest BCUT2D eigenvalue weighted by molar-refractivity contribution is -0.138. The molecule has 0 spiro atoms. The van der Waals surface area contributed by atoms with Crippen LogP contribution in [-0.2, 0) is 6.18 Å². The zero-order chi connectivity index (χ0) is 17.3. The van der Waals surface area contributed by atoms with E-state index in [9.17, 15) is 22.8 Å². The number of likely N-dealkylation sites (tertiary alicyclic amines) is 1. The zero-order valence-corrected chi connectivity index (χ0v) is 12.4. The Hall–Kier alpha value is -2.77. The van der Waals surface area contributed by atoms with Crippen LogP contribution in [0.5, 0.6) is 0 Å². The van der Waals surface area contributed by atoms with Crippen molar-refractivity contribution in [2.75, 3.05) is 18.4 Å². The lowest BCUT2D eigenvalue weighted by Crippen LogP contribution is -2.57. The van der Waals surface area contributed by atoms with Crippen molar-refractivity contribution < 1.29 is 18.0 Å². The number of rotatable bonds is 3. The molecule has 0 aliphatic carbocycles. The maximum Gasteiger partial charge on any atom is 0.421 e. The summed E-state index contributed by atoms with van der Waals surface area (Å²) in [5, 5.41) is 3.23. The number of halogens is 3. The van der Waals surface area contributed by atoms with Crippen LogP contribution in [0.15, 0.2) is 47.4 Å². The Kier molecular flexibility index (Phi) is 4.04. The summed E-state index contributed by atoms with van der Waals surface area (Å²) in [6.07, 6.45) is -3.78. The molecule has 5 nitrogen and oxygen atoms in total. The summed E-state index contributed by atoms with van der Waals surface area (Å²) < 4.78 is 38.2. The van der Waals surface area contributed by atoms with E-state index in [0.29, 0.717) is 19.2 Å². The average molecular weight is 337 g/mol. The maximum absolute atomic E-state index is 12.7. The lowest BCUT2D eigenvalue weighted by Gasteiger charge is -2.40. The van der Waals surface area contributed by atoms with Crippen LogP contribution in [0.1, 0.15) is 15.9 Å². The Balaban J connectivity index is 1.66. The Morgan fingerprint density at radius 2 is 1.88 bits per heavy atom. The molecular formula is C16H14F3N3O2. The van der Waals surface area contributed by atoms with Crippen LogP contribution in [0, 0.1) is 0 Å². The Morgan fingerprint density at radius 3 is 2.50 bits per heavy atom. The molecule has 1 aliphatic heterocycles. The molecule has 2 heterocycles. The first kappa shape index (κ1) is 16.1. The van der Waals surface area contributed by atoms with Crippen molar-refractivity contribution in [3.8, 4) is 0 Å². The number of aromatic nitrogens is 1. The van der Waals surface area contributed by atoms with Crippen LogP contribution in [0.2, 0.25) is 0 Å². The summed E-state index contributed by atoms with van der Waals surface area (Å²) in [6.45, 7) is 0.766. The summed E-state index contributed by atoms with van der Waals surface area (Å²) >= 11 is 0. The maximum atomic E-state index is 12.7. The van der Waals surface area contributed by atoms with Gasteiger partial charge in [0.1, 0.15) is 5.56 Å². The van der Waals surface area contributed by atoms with Crippen molar-refractivity contribution in [3.05, 3.63) is 64.1 Å². The van der Waals surface area contributed by atoms with E-state index in [1.165, 1.54) is 4.90 Å². The van der Waals surface area contributed by atoms with Crippen LogP contribution in [0.4, 0.5) is 18.9 Å². The smallest absolute Gasteiger partial charge is 0.379 e. The lowest BCUT2D eigenvalue weighted by atomic mass is 10.1. The van der Waals surface area contributed by atoms with E-state index in [1.807, 2.05) is 35.3 Å². The molecule has 8 heteroatoms. The number of benzene rings is 1. The summed E-state index contributed by atoms with van der Waals surface area (Å²) in [4.78, 5) is 26.9. The number of carbonyl (C=O) groups is 1. The number of carbonyl (C=O) groups excluding carboxylic acids is 1. The molecule has 1 saturated heterocycles. The highest BCUT2D eigenvalue weighted by Gasteiger charge is 2.36. The quantitative estimate of drug-likeness (QED) is 0.903. The highest BCUT2D eigenvalue weighted by Crippen LogP contribution is 2.27. The number of hydrogen-bond acceptors (Lipinski definition) is 3. The van der Waals surface area contributed by atoms with Crippen LogP contribution in [-0.4, -0.2) is 34.9 Å². The van der Waals surface area contributed by atoms with Gasteiger partial charge < -0.3 is 15.2 Å². The van der Waals surface area contributed by atoms with Crippen molar-refractivity contribution in [2.24, 2.45) is 0 Å². The van der Waals surface area contributed by atoms with Gasteiger partial charge in [-0.05, 0) is 18.2 Å². The fourth-order valence-corrected chi connectivity index (χ4v) is 2.51. The number of hydrogen-bond donors (Lipinski definition) is 2. The largest absolute Gasteiger partial charge is 0.421 e. The molecular weight excluding hydrogens is 323 g/mol. The van der Waals surface area contributed by atoms with Gasteiger partial charge in [0.05, 0.1) is 11.6 Å². The number of alkyl halides is 3. The molecule has 3 rings (SSSR count). The van der Waals surface area contributed by atoms with E-state index in [1.54, 1.807) is 0 Å². The number of anilines is 1. The summed E-state index contributed by atoms with van der Waals surface area (Å²) in [5.41, 5.74) is -1.89. The molecule has 2 aromatic rings. The molecule has 0 radical (unpaired) electrons. The molecule has 0 saturated carbocycles.